The number of benzene rings is 2. The van der Waals surface area contributed by atoms with Crippen LogP contribution in [0.5, 0.6) is 0 Å². The van der Waals surface area contributed by atoms with Crippen molar-refractivity contribution in [2.24, 2.45) is 0 Å². The van der Waals surface area contributed by atoms with Gasteiger partial charge in [-0.3, -0.25) is 14.8 Å². The van der Waals surface area contributed by atoms with Gasteiger partial charge in [-0.05, 0) is 36.8 Å². The average Bonchev–Trinajstić information content (AvgIpc) is 2.50. The molecule has 0 saturated carbocycles. The molecular formula is C16H14N4O. The van der Waals surface area contributed by atoms with Crippen LogP contribution in [-0.2, 0) is 0 Å². The van der Waals surface area contributed by atoms with Crippen LogP contribution in [0, 0.1) is 6.92 Å². The lowest BCUT2D eigenvalue weighted by atomic mass is 10.1. The van der Waals surface area contributed by atoms with Crippen molar-refractivity contribution in [2.45, 2.75) is 6.92 Å². The normalized spacial score (nSPS) is 10.5. The molecule has 0 aliphatic rings. The zero-order chi connectivity index (χ0) is 14.8. The Labute approximate surface area is 121 Å². The van der Waals surface area contributed by atoms with Gasteiger partial charge in [0.1, 0.15) is 5.52 Å². The number of para-hydroxylation sites is 1. The summed E-state index contributed by atoms with van der Waals surface area (Å²) in [6.45, 7) is 1.91. The van der Waals surface area contributed by atoms with Crippen molar-refractivity contribution in [3.05, 3.63) is 59.9 Å². The summed E-state index contributed by atoms with van der Waals surface area (Å²) in [5, 5.41) is 2.87. The molecule has 0 fully saturated rings. The Morgan fingerprint density at radius 3 is 2.81 bits per heavy atom. The Hall–Kier alpha value is -2.95. The molecule has 3 N–H and O–H groups in total. The molecule has 0 unspecified atom stereocenters. The van der Waals surface area contributed by atoms with Gasteiger partial charge in [0.05, 0.1) is 11.1 Å². The molecule has 0 radical (unpaired) electrons. The van der Waals surface area contributed by atoms with Crippen molar-refractivity contribution in [3.63, 3.8) is 0 Å². The van der Waals surface area contributed by atoms with Crippen molar-refractivity contribution >= 4 is 28.3 Å². The summed E-state index contributed by atoms with van der Waals surface area (Å²) in [7, 11) is 0. The first kappa shape index (κ1) is 13.1. The topological polar surface area (TPSA) is 80.9 Å². The maximum atomic E-state index is 12.5. The summed E-state index contributed by atoms with van der Waals surface area (Å²) in [4.78, 5) is 20.9. The van der Waals surface area contributed by atoms with E-state index in [0.717, 1.165) is 5.56 Å². The van der Waals surface area contributed by atoms with Crippen LogP contribution in [0.3, 0.4) is 0 Å². The lowest BCUT2D eigenvalue weighted by Crippen LogP contribution is -2.14. The van der Waals surface area contributed by atoms with Gasteiger partial charge >= 0.3 is 0 Å². The van der Waals surface area contributed by atoms with Gasteiger partial charge in [0, 0.05) is 23.8 Å². The van der Waals surface area contributed by atoms with Crippen LogP contribution >= 0.6 is 0 Å². The van der Waals surface area contributed by atoms with Crippen molar-refractivity contribution in [1.29, 1.82) is 0 Å². The second kappa shape index (κ2) is 5.20. The van der Waals surface area contributed by atoms with E-state index in [-0.39, 0.29) is 5.91 Å². The molecule has 0 spiro atoms. The van der Waals surface area contributed by atoms with Crippen LogP contribution in [0.4, 0.5) is 11.4 Å². The van der Waals surface area contributed by atoms with Crippen LogP contribution in [-0.4, -0.2) is 15.9 Å². The Balaban J connectivity index is 1.99. The molecule has 1 aromatic heterocycles. The molecule has 1 heterocycles. The number of hydrogen-bond acceptors (Lipinski definition) is 4. The van der Waals surface area contributed by atoms with E-state index in [1.807, 2.05) is 19.1 Å². The van der Waals surface area contributed by atoms with E-state index in [1.54, 1.807) is 36.7 Å². The Morgan fingerprint density at radius 1 is 1.14 bits per heavy atom. The van der Waals surface area contributed by atoms with Crippen molar-refractivity contribution < 1.29 is 4.79 Å². The molecule has 5 heteroatoms. The van der Waals surface area contributed by atoms with Gasteiger partial charge in [0.2, 0.25) is 0 Å². The number of nitrogens with one attached hydrogen (secondary N) is 1. The number of fused-ring (bicyclic) bond motifs is 1. The number of nitrogens with zero attached hydrogens (tertiary/aromatic N) is 2. The van der Waals surface area contributed by atoms with Gasteiger partial charge in [-0.25, -0.2) is 0 Å². The zero-order valence-electron chi connectivity index (χ0n) is 11.5. The highest BCUT2D eigenvalue weighted by molar-refractivity contribution is 6.11. The quantitative estimate of drug-likeness (QED) is 0.706. The maximum Gasteiger partial charge on any atom is 0.257 e. The molecule has 2 aromatic carbocycles. The fourth-order valence-corrected chi connectivity index (χ4v) is 2.14. The van der Waals surface area contributed by atoms with Crippen LogP contribution < -0.4 is 11.1 Å². The number of hydrogen-bond donors (Lipinski definition) is 2. The van der Waals surface area contributed by atoms with Crippen LogP contribution in [0.25, 0.3) is 11.0 Å². The molecule has 0 aliphatic carbocycles. The number of amides is 1. The lowest BCUT2D eigenvalue weighted by Gasteiger charge is -2.10. The molecule has 0 saturated heterocycles. The first-order chi connectivity index (χ1) is 10.1. The number of anilines is 2. The highest BCUT2D eigenvalue weighted by Gasteiger charge is 2.12. The highest BCUT2D eigenvalue weighted by Crippen LogP contribution is 2.20. The minimum absolute atomic E-state index is 0.227. The largest absolute Gasteiger partial charge is 0.399 e. The zero-order valence-corrected chi connectivity index (χ0v) is 11.5. The number of carbonyl (C=O) groups is 1. The van der Waals surface area contributed by atoms with Crippen LogP contribution in [0.2, 0.25) is 0 Å². The molecule has 104 valence electrons. The van der Waals surface area contributed by atoms with Crippen molar-refractivity contribution in [2.75, 3.05) is 11.1 Å². The van der Waals surface area contributed by atoms with Crippen molar-refractivity contribution in [3.8, 4) is 0 Å². The van der Waals surface area contributed by atoms with Crippen LogP contribution in [0.15, 0.2) is 48.8 Å². The SMILES string of the molecule is Cc1ccc(N)cc1NC(=O)c1cccc2nccnc12. The van der Waals surface area contributed by atoms with Crippen LogP contribution in [0.1, 0.15) is 15.9 Å². The standard InChI is InChI=1S/C16H14N4O/c1-10-5-6-11(17)9-14(10)20-16(21)12-3-2-4-13-15(12)19-8-7-18-13/h2-9H,17H2,1H3,(H,20,21). The highest BCUT2D eigenvalue weighted by atomic mass is 16.1. The van der Waals surface area contributed by atoms with Gasteiger partial charge < -0.3 is 11.1 Å². The molecule has 0 atom stereocenters. The first-order valence-corrected chi connectivity index (χ1v) is 6.52. The summed E-state index contributed by atoms with van der Waals surface area (Å²) >= 11 is 0. The Morgan fingerprint density at radius 2 is 1.95 bits per heavy atom. The maximum absolute atomic E-state index is 12.5. The number of nitrogens with two attached hydrogens (primary N) is 1. The molecule has 3 rings (SSSR count). The number of carbonyl (C=O) groups excluding carboxylic acids is 1. The van der Waals surface area contributed by atoms with Gasteiger partial charge in [-0.2, -0.15) is 0 Å². The van der Waals surface area contributed by atoms with E-state index >= 15 is 0 Å². The van der Waals surface area contributed by atoms with E-state index < -0.39 is 0 Å². The fourth-order valence-electron chi connectivity index (χ4n) is 2.14. The molecule has 0 bridgehead atoms. The predicted molar refractivity (Wildman–Crippen MR) is 83.1 cm³/mol. The average molecular weight is 278 g/mol. The number of aryl methyl sites for hydroxylation is 1. The summed E-state index contributed by atoms with van der Waals surface area (Å²) < 4.78 is 0. The molecule has 3 aromatic rings. The number of nitrogen functional groups attached to an aromatic ring is 1. The van der Waals surface area contributed by atoms with E-state index in [1.165, 1.54) is 0 Å². The third-order valence-corrected chi connectivity index (χ3v) is 3.25. The summed E-state index contributed by atoms with van der Waals surface area (Å²) in [5.74, 6) is -0.227. The summed E-state index contributed by atoms with van der Waals surface area (Å²) in [5.41, 5.74) is 9.77. The third kappa shape index (κ3) is 2.53. The fraction of sp³-hybridized carbons (Fsp3) is 0.0625. The summed E-state index contributed by atoms with van der Waals surface area (Å²) in [6.07, 6.45) is 3.18. The van der Waals surface area contributed by atoms with Gasteiger partial charge in [-0.15, -0.1) is 0 Å². The predicted octanol–water partition coefficient (Wildman–Crippen LogP) is 2.77. The Kier molecular flexibility index (Phi) is 3.23. The number of aromatic nitrogens is 2. The first-order valence-electron chi connectivity index (χ1n) is 6.52. The van der Waals surface area contributed by atoms with E-state index in [0.29, 0.717) is 28.0 Å². The van der Waals surface area contributed by atoms with Gasteiger partial charge in [0.25, 0.3) is 5.91 Å². The Bertz CT molecular complexity index is 824. The minimum atomic E-state index is -0.227. The van der Waals surface area contributed by atoms with E-state index in [2.05, 4.69) is 15.3 Å². The minimum Gasteiger partial charge on any atom is -0.399 e. The molecule has 1 amide bonds. The molecule has 5 nitrogen and oxygen atoms in total. The van der Waals surface area contributed by atoms with E-state index in [4.69, 9.17) is 5.73 Å². The monoisotopic (exact) mass is 278 g/mol. The van der Waals surface area contributed by atoms with Crippen molar-refractivity contribution in [1.82, 2.24) is 9.97 Å². The van der Waals surface area contributed by atoms with Gasteiger partial charge in [-0.1, -0.05) is 12.1 Å². The molecule has 0 aliphatic heterocycles. The lowest BCUT2D eigenvalue weighted by molar-refractivity contribution is 0.102. The second-order valence-electron chi connectivity index (χ2n) is 4.76. The molecule has 21 heavy (non-hydrogen) atoms. The molecular weight excluding hydrogens is 264 g/mol. The summed E-state index contributed by atoms with van der Waals surface area (Å²) in [6, 6.07) is 10.8. The number of rotatable bonds is 2. The second-order valence-corrected chi connectivity index (χ2v) is 4.76. The van der Waals surface area contributed by atoms with E-state index in [9.17, 15) is 4.79 Å². The third-order valence-electron chi connectivity index (χ3n) is 3.25. The van der Waals surface area contributed by atoms with Gasteiger partial charge in [0.15, 0.2) is 0 Å². The smallest absolute Gasteiger partial charge is 0.257 e.